The number of hydrogen-bond acceptors (Lipinski definition) is 3. The minimum absolute atomic E-state index is 0.155. The maximum absolute atomic E-state index is 4.08. The molecule has 1 atom stereocenters. The van der Waals surface area contributed by atoms with Crippen LogP contribution in [0.4, 0.5) is 0 Å². The summed E-state index contributed by atoms with van der Waals surface area (Å²) in [4.78, 5) is 2.26. The van der Waals surface area contributed by atoms with Crippen LogP contribution in [0.1, 0.15) is 34.6 Å². The van der Waals surface area contributed by atoms with E-state index in [1.165, 1.54) is 0 Å². The van der Waals surface area contributed by atoms with Crippen LogP contribution in [0.25, 0.3) is 0 Å². The smallest absolute Gasteiger partial charge is 0.119 e. The first-order chi connectivity index (χ1) is 5.43. The molecule has 0 radical (unpaired) electrons. The lowest BCUT2D eigenvalue weighted by molar-refractivity contribution is 0.141. The number of hydrogen-bond donors (Lipinski definition) is 1. The summed E-state index contributed by atoms with van der Waals surface area (Å²) in [5, 5.41) is 4.08. The molecule has 0 fully saturated rings. The van der Waals surface area contributed by atoms with Crippen LogP contribution in [0, 0.1) is 5.92 Å². The van der Waals surface area contributed by atoms with Crippen molar-refractivity contribution in [1.29, 1.82) is 0 Å². The lowest BCUT2D eigenvalue weighted by atomic mass is 10.0. The van der Waals surface area contributed by atoms with Gasteiger partial charge in [0, 0.05) is 5.54 Å². The van der Waals surface area contributed by atoms with E-state index >= 15 is 0 Å². The first-order valence-corrected chi connectivity index (χ1v) is 4.50. The minimum atomic E-state index is 0.155. The van der Waals surface area contributed by atoms with Gasteiger partial charge in [-0.1, -0.05) is 13.8 Å². The number of nitrogens with zero attached hydrogens (tertiary/aromatic N) is 2. The highest BCUT2D eigenvalue weighted by molar-refractivity contribution is 5.58. The zero-order valence-corrected chi connectivity index (χ0v) is 8.63. The summed E-state index contributed by atoms with van der Waals surface area (Å²) < 4.78 is 0. The van der Waals surface area contributed by atoms with Crippen molar-refractivity contribution in [1.82, 2.24) is 10.3 Å². The zero-order valence-electron chi connectivity index (χ0n) is 8.63. The van der Waals surface area contributed by atoms with Gasteiger partial charge in [-0.25, -0.2) is 0 Å². The van der Waals surface area contributed by atoms with Crippen molar-refractivity contribution < 1.29 is 0 Å². The third-order valence-corrected chi connectivity index (χ3v) is 2.09. The third-order valence-electron chi connectivity index (χ3n) is 2.09. The Morgan fingerprint density at radius 1 is 1.42 bits per heavy atom. The fraction of sp³-hybridized carbons (Fsp3) is 0.889. The fourth-order valence-corrected chi connectivity index (χ4v) is 1.37. The van der Waals surface area contributed by atoms with Gasteiger partial charge in [0.05, 0.1) is 0 Å². The molecule has 3 nitrogen and oxygen atoms in total. The second-order valence-corrected chi connectivity index (χ2v) is 4.64. The van der Waals surface area contributed by atoms with Crippen LogP contribution >= 0.6 is 0 Å². The highest BCUT2D eigenvalue weighted by Gasteiger charge is 2.31. The zero-order chi connectivity index (χ0) is 9.35. The molecule has 0 saturated carbocycles. The monoisotopic (exact) mass is 169 g/mol. The molecule has 3 heteroatoms. The Bertz CT molecular complexity index is 179. The Morgan fingerprint density at radius 2 is 2.00 bits per heavy atom. The maximum atomic E-state index is 4.08. The van der Waals surface area contributed by atoms with Crippen LogP contribution in [0.3, 0.4) is 0 Å². The third kappa shape index (κ3) is 1.71. The van der Waals surface area contributed by atoms with E-state index in [1.807, 2.05) is 6.34 Å². The Hall–Kier alpha value is -0.730. The summed E-state index contributed by atoms with van der Waals surface area (Å²) in [6.45, 7) is 11.0. The average molecular weight is 169 g/mol. The summed E-state index contributed by atoms with van der Waals surface area (Å²) >= 11 is 0. The first-order valence-electron chi connectivity index (χ1n) is 4.50. The molecule has 0 aromatic carbocycles. The van der Waals surface area contributed by atoms with Gasteiger partial charge in [-0.2, -0.15) is 5.10 Å². The first kappa shape index (κ1) is 9.36. The molecule has 70 valence electrons. The van der Waals surface area contributed by atoms with Gasteiger partial charge >= 0.3 is 0 Å². The molecule has 1 rings (SSSR count). The second kappa shape index (κ2) is 2.96. The van der Waals surface area contributed by atoms with Gasteiger partial charge in [-0.15, -0.1) is 0 Å². The average Bonchev–Trinajstić information content (AvgIpc) is 2.30. The molecule has 0 aromatic rings. The predicted octanol–water partition coefficient (Wildman–Crippen LogP) is 1.62. The number of nitrogens with one attached hydrogen (secondary N) is 1. The Balaban J connectivity index is 2.70. The van der Waals surface area contributed by atoms with Gasteiger partial charge in [0.15, 0.2) is 0 Å². The molecule has 0 saturated heterocycles. The van der Waals surface area contributed by atoms with Crippen molar-refractivity contribution in [2.24, 2.45) is 11.0 Å². The van der Waals surface area contributed by atoms with Gasteiger partial charge < -0.3 is 4.90 Å². The van der Waals surface area contributed by atoms with Gasteiger partial charge in [0.1, 0.15) is 12.5 Å². The van der Waals surface area contributed by atoms with Crippen LogP contribution in [0.15, 0.2) is 5.10 Å². The lowest BCUT2D eigenvalue weighted by Crippen LogP contribution is -2.50. The maximum Gasteiger partial charge on any atom is 0.119 e. The summed E-state index contributed by atoms with van der Waals surface area (Å²) in [6, 6.07) is 0. The number of rotatable bonds is 1. The lowest BCUT2D eigenvalue weighted by Gasteiger charge is -2.37. The molecular weight excluding hydrogens is 150 g/mol. The number of hydrazone groups is 1. The van der Waals surface area contributed by atoms with Crippen molar-refractivity contribution in [2.45, 2.75) is 46.3 Å². The van der Waals surface area contributed by atoms with Crippen LogP contribution in [0.5, 0.6) is 0 Å². The van der Waals surface area contributed by atoms with Gasteiger partial charge in [-0.3, -0.25) is 5.43 Å². The van der Waals surface area contributed by atoms with E-state index in [-0.39, 0.29) is 5.54 Å². The van der Waals surface area contributed by atoms with Crippen molar-refractivity contribution in [2.75, 3.05) is 0 Å². The molecule has 1 heterocycles. The predicted molar refractivity (Wildman–Crippen MR) is 51.8 cm³/mol. The second-order valence-electron chi connectivity index (χ2n) is 4.64. The Kier molecular flexibility index (Phi) is 2.31. The molecule has 0 bridgehead atoms. The fourth-order valence-electron chi connectivity index (χ4n) is 1.37. The standard InChI is InChI=1S/C9H19N3/c1-7(2)8-11-10-6-12(8)9(3,4)5/h6-8,11H,1-5H3. The van der Waals surface area contributed by atoms with Crippen molar-refractivity contribution in [3.63, 3.8) is 0 Å². The van der Waals surface area contributed by atoms with E-state index in [0.717, 1.165) is 0 Å². The van der Waals surface area contributed by atoms with Gasteiger partial charge in [0.25, 0.3) is 0 Å². The van der Waals surface area contributed by atoms with Crippen LogP contribution < -0.4 is 5.43 Å². The van der Waals surface area contributed by atoms with Crippen LogP contribution in [-0.2, 0) is 0 Å². The van der Waals surface area contributed by atoms with Gasteiger partial charge in [0.2, 0.25) is 0 Å². The van der Waals surface area contributed by atoms with Crippen LogP contribution in [-0.4, -0.2) is 22.9 Å². The molecule has 1 unspecified atom stereocenters. The quantitative estimate of drug-likeness (QED) is 0.646. The summed E-state index contributed by atoms with van der Waals surface area (Å²) in [6.07, 6.45) is 2.25. The normalized spacial score (nSPS) is 23.5. The Morgan fingerprint density at radius 3 is 2.33 bits per heavy atom. The van der Waals surface area contributed by atoms with E-state index in [9.17, 15) is 0 Å². The van der Waals surface area contributed by atoms with E-state index < -0.39 is 0 Å². The molecule has 0 spiro atoms. The molecule has 1 N–H and O–H groups in total. The molecule has 12 heavy (non-hydrogen) atoms. The van der Waals surface area contributed by atoms with E-state index in [0.29, 0.717) is 12.1 Å². The van der Waals surface area contributed by atoms with E-state index in [2.05, 4.69) is 50.0 Å². The van der Waals surface area contributed by atoms with Crippen molar-refractivity contribution >= 4 is 6.34 Å². The Labute approximate surface area is 74.8 Å². The van der Waals surface area contributed by atoms with Gasteiger partial charge in [-0.05, 0) is 26.7 Å². The van der Waals surface area contributed by atoms with E-state index in [4.69, 9.17) is 0 Å². The summed E-state index contributed by atoms with van der Waals surface area (Å²) in [5.41, 5.74) is 3.26. The molecular formula is C9H19N3. The van der Waals surface area contributed by atoms with Crippen molar-refractivity contribution in [3.05, 3.63) is 0 Å². The highest BCUT2D eigenvalue weighted by atomic mass is 15.5. The topological polar surface area (TPSA) is 27.6 Å². The molecule has 0 aromatic heterocycles. The highest BCUT2D eigenvalue weighted by Crippen LogP contribution is 2.20. The minimum Gasteiger partial charge on any atom is -0.335 e. The van der Waals surface area contributed by atoms with Crippen molar-refractivity contribution in [3.8, 4) is 0 Å². The molecule has 0 aliphatic carbocycles. The summed E-state index contributed by atoms with van der Waals surface area (Å²) in [5.74, 6) is 0.576. The SMILES string of the molecule is CC(C)C1NN=CN1C(C)(C)C. The van der Waals surface area contributed by atoms with E-state index in [1.54, 1.807) is 0 Å². The summed E-state index contributed by atoms with van der Waals surface area (Å²) in [7, 11) is 0. The molecule has 1 aliphatic rings. The molecule has 0 amide bonds. The largest absolute Gasteiger partial charge is 0.335 e. The van der Waals surface area contributed by atoms with Crippen LogP contribution in [0.2, 0.25) is 0 Å². The molecule has 1 aliphatic heterocycles.